The maximum Gasteiger partial charge on any atom is 0.000166 e. The Morgan fingerprint density at radius 1 is 1.00 bits per heavy atom. The maximum absolute atomic E-state index is 2.57. The van der Waals surface area contributed by atoms with E-state index in [1.165, 1.54) is 5.75 Å². The fraction of sp³-hybridized carbons (Fsp3) is 1.00. The first-order valence-electron chi connectivity index (χ1n) is 1.77. The van der Waals surface area contributed by atoms with Crippen LogP contribution in [0.4, 0.5) is 0 Å². The van der Waals surface area contributed by atoms with Crippen LogP contribution in [0.2, 0.25) is 0 Å². The van der Waals surface area contributed by atoms with Crippen molar-refractivity contribution in [3.05, 3.63) is 0 Å². The maximum atomic E-state index is 2.57. The molecule has 0 aromatic heterocycles. The molecule has 0 heterocycles. The standard InChI is InChI=1S/C2H5I5S/c1-2-8(3,4,5,6)7/h2H2,1H3. The Kier molecular flexibility index (Phi) is 4.12. The van der Waals surface area contributed by atoms with E-state index >= 15 is 0 Å². The molecule has 0 bridgehead atoms. The highest BCUT2D eigenvalue weighted by atomic mass is 127. The van der Waals surface area contributed by atoms with Crippen LogP contribution in [0, 0.1) is 0 Å². The molecule has 8 heavy (non-hydrogen) atoms. The van der Waals surface area contributed by atoms with E-state index in [0.29, 0.717) is 0 Å². The van der Waals surface area contributed by atoms with Crippen LogP contribution in [0.1, 0.15) is 6.92 Å². The van der Waals surface area contributed by atoms with Crippen molar-refractivity contribution in [2.75, 3.05) is 5.75 Å². The molecule has 0 aromatic carbocycles. The van der Waals surface area contributed by atoms with Crippen LogP contribution >= 0.6 is 100 Å². The zero-order chi connectivity index (χ0) is 7.12. The molecule has 0 atom stereocenters. The minimum Gasteiger partial charge on any atom is -0.0668 e. The number of hydrogen-bond donors (Lipinski definition) is 0. The fourth-order valence-corrected chi connectivity index (χ4v) is 0. The molecule has 6 heteroatoms. The zero-order valence-corrected chi connectivity index (χ0v) is 15.6. The van der Waals surface area contributed by atoms with Gasteiger partial charge in [0, 0.05) is 5.75 Å². The highest BCUT2D eigenvalue weighted by Gasteiger charge is 2.46. The lowest BCUT2D eigenvalue weighted by Crippen LogP contribution is -1.93. The topological polar surface area (TPSA) is 0 Å². The summed E-state index contributed by atoms with van der Waals surface area (Å²) in [6.07, 6.45) is 0. The van der Waals surface area contributed by atoms with Crippen LogP contribution in [-0.4, -0.2) is 5.75 Å². The second-order valence-corrected chi connectivity index (χ2v) is 90.6. The van der Waals surface area contributed by atoms with Gasteiger partial charge >= 0.3 is 0 Å². The summed E-state index contributed by atoms with van der Waals surface area (Å²) >= 11 is 12.9. The third-order valence-corrected chi connectivity index (χ3v) is 11.0. The van der Waals surface area contributed by atoms with Gasteiger partial charge in [-0.25, -0.2) is 0 Å². The Bertz CT molecular complexity index is 93.6. The van der Waals surface area contributed by atoms with Gasteiger partial charge in [0.15, 0.2) is 0 Å². The third-order valence-electron chi connectivity index (χ3n) is 0.546. The minimum atomic E-state index is -1.65. The van der Waals surface area contributed by atoms with Crippen LogP contribution < -0.4 is 0 Å². The number of rotatable bonds is 1. The van der Waals surface area contributed by atoms with Crippen molar-refractivity contribution in [2.24, 2.45) is 0 Å². The molecule has 0 aliphatic carbocycles. The summed E-state index contributed by atoms with van der Waals surface area (Å²) in [6, 6.07) is 0. The van der Waals surface area contributed by atoms with Gasteiger partial charge < -0.3 is 0 Å². The summed E-state index contributed by atoms with van der Waals surface area (Å²) in [4.78, 5) is 0. The zero-order valence-electron chi connectivity index (χ0n) is 4.01. The van der Waals surface area contributed by atoms with Gasteiger partial charge in [-0.1, -0.05) is 1.07 Å². The Hall–Kier alpha value is 4.00. The van der Waals surface area contributed by atoms with Gasteiger partial charge in [-0.05, 0) is 106 Å². The Labute approximate surface area is 110 Å². The Morgan fingerprint density at radius 2 is 1.12 bits per heavy atom. The second-order valence-electron chi connectivity index (χ2n) is 1.42. The lowest BCUT2D eigenvalue weighted by molar-refractivity contribution is 1.54. The molecule has 0 N–H and O–H groups in total. The first kappa shape index (κ1) is 12.0. The second kappa shape index (κ2) is 2.75. The summed E-state index contributed by atoms with van der Waals surface area (Å²) in [7, 11) is 0. The average Bonchev–Trinajstić information content (AvgIpc) is 1.30. The van der Waals surface area contributed by atoms with Crippen molar-refractivity contribution in [3.63, 3.8) is 0 Å². The van der Waals surface area contributed by atoms with Gasteiger partial charge in [-0.2, -0.15) is 0 Å². The van der Waals surface area contributed by atoms with E-state index in [1.54, 1.807) is 0 Å². The van der Waals surface area contributed by atoms with E-state index in [1.807, 2.05) is 0 Å². The summed E-state index contributed by atoms with van der Waals surface area (Å²) in [5, 5.41) is 0. The van der Waals surface area contributed by atoms with Crippen molar-refractivity contribution < 1.29 is 0 Å². The molecule has 0 amide bonds. The van der Waals surface area contributed by atoms with Crippen LogP contribution in [0.5, 0.6) is 0 Å². The summed E-state index contributed by atoms with van der Waals surface area (Å²) in [6.45, 7) is 2.24. The van der Waals surface area contributed by atoms with Crippen molar-refractivity contribution in [3.8, 4) is 0 Å². The molecule has 0 aromatic rings. The van der Waals surface area contributed by atoms with Gasteiger partial charge in [0.2, 0.25) is 0 Å². The normalized spacial score (nSPS) is 21.8. The fourth-order valence-electron chi connectivity index (χ4n) is 0. The number of halogens is 5. The molecular weight excluding hydrogens is 691 g/mol. The van der Waals surface area contributed by atoms with Gasteiger partial charge in [-0.3, -0.25) is 0 Å². The predicted molar refractivity (Wildman–Crippen MR) is 88.2 cm³/mol. The smallest absolute Gasteiger partial charge is 0.000166 e. The highest BCUT2D eigenvalue weighted by Crippen LogP contribution is 3.17. The Balaban J connectivity index is 4.50. The van der Waals surface area contributed by atoms with Crippen LogP contribution in [0.25, 0.3) is 0 Å². The SMILES string of the molecule is CCS(I)(I)(I)(I)I. The summed E-state index contributed by atoms with van der Waals surface area (Å²) in [5.41, 5.74) is 0. The van der Waals surface area contributed by atoms with Crippen molar-refractivity contribution in [2.45, 2.75) is 6.92 Å². The van der Waals surface area contributed by atoms with E-state index in [9.17, 15) is 0 Å². The van der Waals surface area contributed by atoms with E-state index in [0.717, 1.165) is 0 Å². The molecular formula is C2H5I5S. The predicted octanol–water partition coefficient (Wildman–Crippen LogP) is 5.63. The quantitative estimate of drug-likeness (QED) is 0.312. The summed E-state index contributed by atoms with van der Waals surface area (Å²) < 4.78 is -1.65. The van der Waals surface area contributed by atoms with E-state index < -0.39 is -5.85 Å². The molecule has 0 saturated heterocycles. The monoisotopic (exact) mass is 696 g/mol. The molecule has 0 aliphatic heterocycles. The van der Waals surface area contributed by atoms with Crippen molar-refractivity contribution in [1.29, 1.82) is 0 Å². The highest BCUT2D eigenvalue weighted by molar-refractivity contribution is 14.7. The van der Waals surface area contributed by atoms with Gasteiger partial charge in [0.05, 0.1) is 0 Å². The van der Waals surface area contributed by atoms with Crippen LogP contribution in [0.15, 0.2) is 0 Å². The van der Waals surface area contributed by atoms with E-state index in [2.05, 4.69) is 113 Å². The first-order chi connectivity index (χ1) is 3.04. The molecule has 0 spiro atoms. The first-order valence-corrected chi connectivity index (χ1v) is 17.1. The van der Waals surface area contributed by atoms with Gasteiger partial charge in [-0.15, -0.1) is 0 Å². The third kappa shape index (κ3) is 10.0. The van der Waals surface area contributed by atoms with Crippen molar-refractivity contribution >= 4 is 100 Å². The minimum absolute atomic E-state index is 1.25. The average molecular weight is 696 g/mol. The van der Waals surface area contributed by atoms with Crippen molar-refractivity contribution in [1.82, 2.24) is 0 Å². The molecule has 54 valence electrons. The van der Waals surface area contributed by atoms with E-state index in [-0.39, 0.29) is 0 Å². The Morgan fingerprint density at radius 3 is 1.12 bits per heavy atom. The molecule has 0 saturated carbocycles. The largest absolute Gasteiger partial charge is 0.0668 e. The molecule has 0 unspecified atom stereocenters. The van der Waals surface area contributed by atoms with Crippen LogP contribution in [0.3, 0.4) is 0 Å². The molecule has 0 rings (SSSR count). The number of hydrogen-bond acceptors (Lipinski definition) is 0. The molecule has 0 aliphatic rings. The lowest BCUT2D eigenvalue weighted by Gasteiger charge is -2.52. The van der Waals surface area contributed by atoms with Gasteiger partial charge in [0.1, 0.15) is 0 Å². The van der Waals surface area contributed by atoms with Crippen LogP contribution in [-0.2, 0) is 0 Å². The van der Waals surface area contributed by atoms with Gasteiger partial charge in [0.25, 0.3) is 0 Å². The molecule has 0 radical (unpaired) electrons. The molecule has 0 nitrogen and oxygen atoms in total. The summed E-state index contributed by atoms with van der Waals surface area (Å²) in [5.74, 6) is 1.25. The molecule has 0 fully saturated rings. The van der Waals surface area contributed by atoms with E-state index in [4.69, 9.17) is 0 Å². The lowest BCUT2D eigenvalue weighted by atomic mass is 11.0.